The van der Waals surface area contributed by atoms with Crippen molar-refractivity contribution in [3.8, 4) is 23.0 Å². The number of hydrogen-bond acceptors (Lipinski definition) is 8. The number of nitrogens with one attached hydrogen (secondary N) is 1. The van der Waals surface area contributed by atoms with Gasteiger partial charge in [0.15, 0.2) is 11.5 Å². The van der Waals surface area contributed by atoms with Crippen molar-refractivity contribution in [1.29, 1.82) is 0 Å². The molecular weight excluding hydrogens is 442 g/mol. The number of methoxy groups -OCH3 is 2. The number of imidazole rings is 1. The molecule has 0 spiro atoms. The van der Waals surface area contributed by atoms with Gasteiger partial charge in [0.25, 0.3) is 5.56 Å². The second-order valence-electron chi connectivity index (χ2n) is 7.95. The molecule has 0 saturated heterocycles. The highest BCUT2D eigenvalue weighted by Crippen LogP contribution is 2.44. The summed E-state index contributed by atoms with van der Waals surface area (Å²) in [5.41, 5.74) is 1.74. The van der Waals surface area contributed by atoms with Gasteiger partial charge in [-0.15, -0.1) is 0 Å². The second kappa shape index (κ2) is 9.90. The minimum Gasteiger partial charge on any atom is -0.507 e. The highest BCUT2D eigenvalue weighted by atomic mass is 16.6. The van der Waals surface area contributed by atoms with Gasteiger partial charge in [0.1, 0.15) is 19.0 Å². The zero-order valence-corrected chi connectivity index (χ0v) is 19.3. The molecule has 0 fully saturated rings. The smallest absolute Gasteiger partial charge is 0.306 e. The number of aromatic nitrogens is 3. The molecule has 0 radical (unpaired) electrons. The Balaban J connectivity index is 1.82. The van der Waals surface area contributed by atoms with E-state index in [9.17, 15) is 14.7 Å². The molecule has 4 rings (SSSR count). The van der Waals surface area contributed by atoms with E-state index in [1.807, 2.05) is 0 Å². The molecule has 1 atom stereocenters. The topological polar surface area (TPSA) is 125 Å². The molecule has 1 aliphatic rings. The number of rotatable bonds is 8. The monoisotopic (exact) mass is 469 g/mol. The SMILES string of the molecule is COC(=O)C[C@@H](c1cc(OC)c2c(c1)OCCO2)c1c(O)cc(C)n(CCc2cnc[nH]2)c1=O. The lowest BCUT2D eigenvalue weighted by Gasteiger charge is -2.25. The van der Waals surface area contributed by atoms with Crippen molar-refractivity contribution in [3.63, 3.8) is 0 Å². The predicted molar refractivity (Wildman–Crippen MR) is 122 cm³/mol. The minimum atomic E-state index is -0.802. The van der Waals surface area contributed by atoms with Crippen LogP contribution >= 0.6 is 0 Å². The highest BCUT2D eigenvalue weighted by molar-refractivity contribution is 5.72. The van der Waals surface area contributed by atoms with Crippen molar-refractivity contribution < 1.29 is 28.8 Å². The van der Waals surface area contributed by atoms with Crippen LogP contribution in [-0.4, -0.2) is 53.0 Å². The third-order valence-electron chi connectivity index (χ3n) is 5.88. The van der Waals surface area contributed by atoms with Crippen molar-refractivity contribution in [2.45, 2.75) is 32.2 Å². The number of carbonyl (C=O) groups is 1. The maximum absolute atomic E-state index is 13.6. The molecule has 0 bridgehead atoms. The molecular formula is C24H27N3O7. The van der Waals surface area contributed by atoms with Crippen LogP contribution in [0, 0.1) is 6.92 Å². The molecule has 0 unspecified atom stereocenters. The van der Waals surface area contributed by atoms with Crippen LogP contribution in [-0.2, 0) is 22.5 Å². The van der Waals surface area contributed by atoms with Crippen molar-refractivity contribution in [3.05, 3.63) is 63.6 Å². The number of esters is 1. The van der Waals surface area contributed by atoms with Crippen LogP contribution in [0.15, 0.2) is 35.5 Å². The third-order valence-corrected chi connectivity index (χ3v) is 5.88. The lowest BCUT2D eigenvalue weighted by Crippen LogP contribution is -2.29. The quantitative estimate of drug-likeness (QED) is 0.482. The van der Waals surface area contributed by atoms with Crippen molar-refractivity contribution in [2.75, 3.05) is 27.4 Å². The number of pyridine rings is 1. The molecule has 0 aliphatic carbocycles. The maximum atomic E-state index is 13.6. The fourth-order valence-electron chi connectivity index (χ4n) is 4.16. The van der Waals surface area contributed by atoms with Gasteiger partial charge in [-0.3, -0.25) is 9.59 Å². The number of aromatic amines is 1. The number of aromatic hydroxyl groups is 1. The van der Waals surface area contributed by atoms with E-state index in [1.54, 1.807) is 36.1 Å². The van der Waals surface area contributed by atoms with Crippen LogP contribution in [0.4, 0.5) is 0 Å². The molecule has 3 heterocycles. The van der Waals surface area contributed by atoms with E-state index in [4.69, 9.17) is 18.9 Å². The number of hydrogen-bond donors (Lipinski definition) is 2. The number of ether oxygens (including phenoxy) is 4. The standard InChI is InChI=1S/C24H27N3O7/c1-14-8-18(28)22(24(30)27(14)5-4-16-12-25-13-26-16)17(11-21(29)32-3)15-9-19(31-2)23-20(10-15)33-6-7-34-23/h8-10,12-13,17,28H,4-7,11H2,1-3H3,(H,25,26)/t17-/m0/s1. The number of carbonyl (C=O) groups excluding carboxylic acids is 1. The fourth-order valence-corrected chi connectivity index (χ4v) is 4.16. The van der Waals surface area contributed by atoms with E-state index in [0.29, 0.717) is 54.7 Å². The van der Waals surface area contributed by atoms with Gasteiger partial charge in [0.2, 0.25) is 5.75 Å². The van der Waals surface area contributed by atoms with Gasteiger partial charge in [-0.2, -0.15) is 0 Å². The largest absolute Gasteiger partial charge is 0.507 e. The summed E-state index contributed by atoms with van der Waals surface area (Å²) in [5.74, 6) is -0.205. The summed E-state index contributed by atoms with van der Waals surface area (Å²) in [6.45, 7) is 2.86. The van der Waals surface area contributed by atoms with E-state index >= 15 is 0 Å². The average Bonchev–Trinajstić information content (AvgIpc) is 3.35. The van der Waals surface area contributed by atoms with E-state index in [-0.39, 0.29) is 23.3 Å². The van der Waals surface area contributed by atoms with E-state index in [2.05, 4.69) is 9.97 Å². The van der Waals surface area contributed by atoms with Crippen LogP contribution in [0.5, 0.6) is 23.0 Å². The van der Waals surface area contributed by atoms with Gasteiger partial charge in [0.05, 0.1) is 32.5 Å². The molecule has 1 aliphatic heterocycles. The number of fused-ring (bicyclic) bond motifs is 1. The Hall–Kier alpha value is -3.95. The molecule has 10 nitrogen and oxygen atoms in total. The van der Waals surface area contributed by atoms with E-state index in [1.165, 1.54) is 20.3 Å². The summed E-state index contributed by atoms with van der Waals surface area (Å²) >= 11 is 0. The molecule has 3 aromatic rings. The van der Waals surface area contributed by atoms with Gasteiger partial charge in [-0.25, -0.2) is 4.98 Å². The molecule has 0 amide bonds. The van der Waals surface area contributed by atoms with E-state index < -0.39 is 11.9 Å². The van der Waals surface area contributed by atoms with Crippen molar-refractivity contribution >= 4 is 5.97 Å². The van der Waals surface area contributed by atoms with Crippen LogP contribution in [0.3, 0.4) is 0 Å². The van der Waals surface area contributed by atoms with Gasteiger partial charge in [-0.05, 0) is 30.7 Å². The lowest BCUT2D eigenvalue weighted by molar-refractivity contribution is -0.140. The Labute approximate surface area is 196 Å². The zero-order valence-electron chi connectivity index (χ0n) is 19.3. The molecule has 180 valence electrons. The fraction of sp³-hybridized carbons (Fsp3) is 0.375. The molecule has 0 saturated carbocycles. The summed E-state index contributed by atoms with van der Waals surface area (Å²) in [5, 5.41) is 10.9. The number of H-pyrrole nitrogens is 1. The third kappa shape index (κ3) is 4.57. The minimum absolute atomic E-state index is 0.0966. The Bertz CT molecular complexity index is 1220. The number of aryl methyl sites for hydroxylation is 2. The molecule has 2 N–H and O–H groups in total. The summed E-state index contributed by atoms with van der Waals surface area (Å²) in [6.07, 6.45) is 3.66. The molecule has 10 heteroatoms. The maximum Gasteiger partial charge on any atom is 0.306 e. The van der Waals surface area contributed by atoms with Gasteiger partial charge in [-0.1, -0.05) is 0 Å². The van der Waals surface area contributed by atoms with Gasteiger partial charge in [0, 0.05) is 36.5 Å². The van der Waals surface area contributed by atoms with Crippen LogP contribution < -0.4 is 19.8 Å². The van der Waals surface area contributed by atoms with Crippen LogP contribution in [0.1, 0.15) is 34.9 Å². The van der Waals surface area contributed by atoms with E-state index in [0.717, 1.165) is 5.69 Å². The predicted octanol–water partition coefficient (Wildman–Crippen LogP) is 2.30. The highest BCUT2D eigenvalue weighted by Gasteiger charge is 2.29. The summed E-state index contributed by atoms with van der Waals surface area (Å²) in [6, 6.07) is 4.93. The Morgan fingerprint density at radius 1 is 1.26 bits per heavy atom. The van der Waals surface area contributed by atoms with Crippen LogP contribution in [0.2, 0.25) is 0 Å². The van der Waals surface area contributed by atoms with Crippen molar-refractivity contribution in [1.82, 2.24) is 14.5 Å². The molecule has 2 aromatic heterocycles. The number of nitrogens with zero attached hydrogens (tertiary/aromatic N) is 2. The number of benzene rings is 1. The lowest BCUT2D eigenvalue weighted by atomic mass is 9.87. The first-order valence-corrected chi connectivity index (χ1v) is 10.9. The van der Waals surface area contributed by atoms with Crippen molar-refractivity contribution in [2.24, 2.45) is 0 Å². The van der Waals surface area contributed by atoms with Gasteiger partial charge >= 0.3 is 5.97 Å². The van der Waals surface area contributed by atoms with Gasteiger partial charge < -0.3 is 33.6 Å². The summed E-state index contributed by atoms with van der Waals surface area (Å²) in [7, 11) is 2.78. The summed E-state index contributed by atoms with van der Waals surface area (Å²) in [4.78, 5) is 33.0. The zero-order chi connectivity index (χ0) is 24.2. The average molecular weight is 469 g/mol. The Morgan fingerprint density at radius 3 is 2.76 bits per heavy atom. The Morgan fingerprint density at radius 2 is 2.06 bits per heavy atom. The summed E-state index contributed by atoms with van der Waals surface area (Å²) < 4.78 is 23.4. The Kier molecular flexibility index (Phi) is 6.76. The normalized spacial score (nSPS) is 13.4. The molecule has 1 aromatic carbocycles. The second-order valence-corrected chi connectivity index (χ2v) is 7.95. The van der Waals surface area contributed by atoms with Crippen LogP contribution in [0.25, 0.3) is 0 Å². The first-order chi connectivity index (χ1) is 16.4. The first kappa shape index (κ1) is 23.2. The first-order valence-electron chi connectivity index (χ1n) is 10.9. The molecule has 34 heavy (non-hydrogen) atoms.